The Labute approximate surface area is 153 Å². The molecule has 2 aromatic rings. The molecule has 1 saturated carbocycles. The number of anilines is 1. The summed E-state index contributed by atoms with van der Waals surface area (Å²) in [5, 5.41) is 7.46. The Kier molecular flexibility index (Phi) is 4.86. The monoisotopic (exact) mass is 355 g/mol. The smallest absolute Gasteiger partial charge is 0.316 e. The molecule has 1 amide bonds. The molecule has 138 valence electrons. The average Bonchev–Trinajstić information content (AvgIpc) is 3.32. The van der Waals surface area contributed by atoms with Crippen LogP contribution in [-0.4, -0.2) is 45.1 Å². The Morgan fingerprint density at radius 1 is 1.23 bits per heavy atom. The van der Waals surface area contributed by atoms with Crippen molar-refractivity contribution in [2.45, 2.75) is 51.5 Å². The Balaban J connectivity index is 1.41. The number of carbonyl (C=O) groups is 1. The molecule has 0 bridgehead atoms. The van der Waals surface area contributed by atoms with Crippen molar-refractivity contribution < 1.29 is 9.32 Å². The highest BCUT2D eigenvalue weighted by Gasteiger charge is 2.28. The molecular formula is C19H25N5O2. The van der Waals surface area contributed by atoms with Crippen LogP contribution in [0.15, 0.2) is 22.9 Å². The van der Waals surface area contributed by atoms with Gasteiger partial charge in [-0.15, -0.1) is 0 Å². The minimum atomic E-state index is -0.191. The highest BCUT2D eigenvalue weighted by Crippen LogP contribution is 2.23. The van der Waals surface area contributed by atoms with E-state index in [1.807, 2.05) is 12.1 Å². The summed E-state index contributed by atoms with van der Waals surface area (Å²) in [6.45, 7) is 3.63. The van der Waals surface area contributed by atoms with Gasteiger partial charge >= 0.3 is 11.8 Å². The summed E-state index contributed by atoms with van der Waals surface area (Å²) in [5.74, 6) is 0.723. The number of aromatic nitrogens is 3. The van der Waals surface area contributed by atoms with E-state index in [1.165, 1.54) is 32.1 Å². The van der Waals surface area contributed by atoms with Crippen LogP contribution in [0.1, 0.15) is 56.1 Å². The van der Waals surface area contributed by atoms with E-state index in [2.05, 4.69) is 27.4 Å². The molecular weight excluding hydrogens is 330 g/mol. The first-order valence-electron chi connectivity index (χ1n) is 9.55. The van der Waals surface area contributed by atoms with Crippen molar-refractivity contribution in [1.82, 2.24) is 20.0 Å². The van der Waals surface area contributed by atoms with Crippen molar-refractivity contribution in [1.29, 1.82) is 0 Å². The van der Waals surface area contributed by atoms with Gasteiger partial charge in [-0.3, -0.25) is 9.78 Å². The molecule has 1 saturated heterocycles. The third kappa shape index (κ3) is 3.71. The lowest BCUT2D eigenvalue weighted by Crippen LogP contribution is -2.28. The van der Waals surface area contributed by atoms with E-state index in [0.717, 1.165) is 25.2 Å². The first-order chi connectivity index (χ1) is 12.7. The number of hydrogen-bond acceptors (Lipinski definition) is 6. The summed E-state index contributed by atoms with van der Waals surface area (Å²) in [5.41, 5.74) is 1.61. The minimum Gasteiger partial charge on any atom is -0.381 e. The minimum absolute atomic E-state index is 0.0420. The van der Waals surface area contributed by atoms with Gasteiger partial charge in [0, 0.05) is 19.1 Å². The maximum absolute atomic E-state index is 12.4. The summed E-state index contributed by atoms with van der Waals surface area (Å²) in [6.07, 6.45) is 9.16. The largest absolute Gasteiger partial charge is 0.381 e. The van der Waals surface area contributed by atoms with E-state index in [0.29, 0.717) is 23.5 Å². The summed E-state index contributed by atoms with van der Waals surface area (Å²) < 4.78 is 5.17. The van der Waals surface area contributed by atoms with Crippen LogP contribution in [0.2, 0.25) is 0 Å². The van der Waals surface area contributed by atoms with Crippen LogP contribution in [-0.2, 0) is 0 Å². The predicted octanol–water partition coefficient (Wildman–Crippen LogP) is 3.36. The molecule has 7 nitrogen and oxygen atoms in total. The van der Waals surface area contributed by atoms with Crippen molar-refractivity contribution in [3.63, 3.8) is 0 Å². The fourth-order valence-electron chi connectivity index (χ4n) is 3.76. The highest BCUT2D eigenvalue weighted by atomic mass is 16.5. The van der Waals surface area contributed by atoms with Crippen LogP contribution in [0.4, 0.5) is 5.69 Å². The molecule has 0 spiro atoms. The number of pyridine rings is 1. The molecule has 26 heavy (non-hydrogen) atoms. The van der Waals surface area contributed by atoms with Crippen LogP contribution in [0.25, 0.3) is 11.5 Å². The standard InChI is InChI=1S/C19H25N5O2/c1-13-9-10-24(12-13)19(25)18-22-17(23-26-18)16-8-7-15(11-20-16)21-14-5-3-2-4-6-14/h7-8,11,13-14,21H,2-6,9-10,12H2,1H3. The number of nitrogens with one attached hydrogen (secondary N) is 1. The second-order valence-corrected chi connectivity index (χ2v) is 7.48. The third-order valence-electron chi connectivity index (χ3n) is 5.29. The molecule has 1 aliphatic heterocycles. The second-order valence-electron chi connectivity index (χ2n) is 7.48. The first-order valence-corrected chi connectivity index (χ1v) is 9.55. The van der Waals surface area contributed by atoms with Crippen molar-refractivity contribution >= 4 is 11.6 Å². The Morgan fingerprint density at radius 2 is 2.08 bits per heavy atom. The zero-order chi connectivity index (χ0) is 17.9. The number of carbonyl (C=O) groups excluding carboxylic acids is 1. The van der Waals surface area contributed by atoms with E-state index in [-0.39, 0.29) is 11.8 Å². The van der Waals surface area contributed by atoms with E-state index in [4.69, 9.17) is 4.52 Å². The van der Waals surface area contributed by atoms with Gasteiger partial charge in [-0.25, -0.2) is 0 Å². The Morgan fingerprint density at radius 3 is 2.77 bits per heavy atom. The molecule has 1 unspecified atom stereocenters. The second kappa shape index (κ2) is 7.43. The Hall–Kier alpha value is -2.44. The topological polar surface area (TPSA) is 84.2 Å². The molecule has 1 aliphatic carbocycles. The first kappa shape index (κ1) is 17.0. The van der Waals surface area contributed by atoms with E-state index >= 15 is 0 Å². The molecule has 4 rings (SSSR count). The molecule has 1 atom stereocenters. The molecule has 7 heteroatoms. The van der Waals surface area contributed by atoms with E-state index < -0.39 is 0 Å². The molecule has 2 aliphatic rings. The molecule has 2 fully saturated rings. The fourth-order valence-corrected chi connectivity index (χ4v) is 3.76. The summed E-state index contributed by atoms with van der Waals surface area (Å²) in [7, 11) is 0. The number of nitrogens with zero attached hydrogens (tertiary/aromatic N) is 4. The van der Waals surface area contributed by atoms with Gasteiger partial charge in [0.1, 0.15) is 5.69 Å². The van der Waals surface area contributed by atoms with Crippen molar-refractivity contribution in [3.05, 3.63) is 24.2 Å². The van der Waals surface area contributed by atoms with Gasteiger partial charge in [-0.2, -0.15) is 4.98 Å². The predicted molar refractivity (Wildman–Crippen MR) is 97.7 cm³/mol. The summed E-state index contributed by atoms with van der Waals surface area (Å²) in [6, 6.07) is 4.38. The van der Waals surface area contributed by atoms with Crippen molar-refractivity contribution in [3.8, 4) is 11.5 Å². The van der Waals surface area contributed by atoms with Gasteiger partial charge in [0.05, 0.1) is 11.9 Å². The molecule has 0 radical (unpaired) electrons. The van der Waals surface area contributed by atoms with Crippen LogP contribution in [0, 0.1) is 5.92 Å². The number of likely N-dealkylation sites (tertiary alicyclic amines) is 1. The average molecular weight is 355 g/mol. The Bertz CT molecular complexity index is 752. The van der Waals surface area contributed by atoms with Gasteiger partial charge in [0.25, 0.3) is 0 Å². The fraction of sp³-hybridized carbons (Fsp3) is 0.579. The van der Waals surface area contributed by atoms with Gasteiger partial charge in [-0.05, 0) is 37.3 Å². The lowest BCUT2D eigenvalue weighted by Gasteiger charge is -2.23. The SMILES string of the molecule is CC1CCN(C(=O)c2nc(-c3ccc(NC4CCCCC4)cn3)no2)C1. The lowest BCUT2D eigenvalue weighted by molar-refractivity contribution is 0.0738. The normalized spacial score (nSPS) is 21.1. The molecule has 3 heterocycles. The highest BCUT2D eigenvalue weighted by molar-refractivity contribution is 5.90. The van der Waals surface area contributed by atoms with Gasteiger partial charge in [-0.1, -0.05) is 31.3 Å². The van der Waals surface area contributed by atoms with Crippen LogP contribution in [0.3, 0.4) is 0 Å². The van der Waals surface area contributed by atoms with E-state index in [1.54, 1.807) is 11.1 Å². The van der Waals surface area contributed by atoms with E-state index in [9.17, 15) is 4.79 Å². The number of amides is 1. The van der Waals surface area contributed by atoms with Crippen LogP contribution in [0.5, 0.6) is 0 Å². The van der Waals surface area contributed by atoms with Crippen molar-refractivity contribution in [2.75, 3.05) is 18.4 Å². The van der Waals surface area contributed by atoms with Crippen LogP contribution >= 0.6 is 0 Å². The number of hydrogen-bond donors (Lipinski definition) is 1. The third-order valence-corrected chi connectivity index (χ3v) is 5.29. The van der Waals surface area contributed by atoms with Gasteiger partial charge < -0.3 is 14.7 Å². The maximum atomic E-state index is 12.4. The van der Waals surface area contributed by atoms with Gasteiger partial charge in [0.15, 0.2) is 0 Å². The summed E-state index contributed by atoms with van der Waals surface area (Å²) in [4.78, 5) is 22.9. The molecule has 2 aromatic heterocycles. The molecule has 1 N–H and O–H groups in total. The zero-order valence-electron chi connectivity index (χ0n) is 15.1. The van der Waals surface area contributed by atoms with Gasteiger partial charge in [0.2, 0.25) is 5.82 Å². The maximum Gasteiger partial charge on any atom is 0.316 e. The summed E-state index contributed by atoms with van der Waals surface area (Å²) >= 11 is 0. The number of rotatable bonds is 4. The lowest BCUT2D eigenvalue weighted by atomic mass is 9.95. The quantitative estimate of drug-likeness (QED) is 0.905. The zero-order valence-corrected chi connectivity index (χ0v) is 15.1. The van der Waals surface area contributed by atoms with Crippen LogP contribution < -0.4 is 5.32 Å². The molecule has 0 aromatic carbocycles. The van der Waals surface area contributed by atoms with Crippen molar-refractivity contribution in [2.24, 2.45) is 5.92 Å².